The van der Waals surface area contributed by atoms with E-state index in [0.29, 0.717) is 17.9 Å². The van der Waals surface area contributed by atoms with Crippen molar-refractivity contribution in [1.82, 2.24) is 10.3 Å². The van der Waals surface area contributed by atoms with Crippen LogP contribution in [0.2, 0.25) is 0 Å². The van der Waals surface area contributed by atoms with Gasteiger partial charge >= 0.3 is 6.09 Å². The Morgan fingerprint density at radius 3 is 2.69 bits per heavy atom. The smallest absolute Gasteiger partial charge is 0.410 e. The van der Waals surface area contributed by atoms with Gasteiger partial charge in [-0.25, -0.2) is 4.79 Å². The van der Waals surface area contributed by atoms with Crippen LogP contribution in [0, 0.1) is 0 Å². The molecule has 0 saturated heterocycles. The Morgan fingerprint density at radius 2 is 1.88 bits per heavy atom. The molecule has 5 nitrogen and oxygen atoms in total. The van der Waals surface area contributed by atoms with Crippen LogP contribution in [0.15, 0.2) is 42.7 Å². The van der Waals surface area contributed by atoms with Crippen molar-refractivity contribution < 1.29 is 14.3 Å². The van der Waals surface area contributed by atoms with Gasteiger partial charge in [-0.3, -0.25) is 9.78 Å². The number of carbonyl (C=O) groups is 2. The lowest BCUT2D eigenvalue weighted by atomic mass is 10.1. The lowest BCUT2D eigenvalue weighted by Gasteiger charge is -2.08. The van der Waals surface area contributed by atoms with Crippen LogP contribution in [0.25, 0.3) is 11.1 Å². The number of hydrogen-bond acceptors (Lipinski definition) is 4. The van der Waals surface area contributed by atoms with Gasteiger partial charge < -0.3 is 10.1 Å². The topological polar surface area (TPSA) is 68.3 Å². The Labute approximate surface area is 154 Å². The minimum atomic E-state index is -0.449. The van der Waals surface area contributed by atoms with Crippen molar-refractivity contribution in [3.05, 3.63) is 48.3 Å². The molecule has 0 aliphatic carbocycles. The zero-order valence-electron chi connectivity index (χ0n) is 15.2. The van der Waals surface area contributed by atoms with Gasteiger partial charge in [-0.15, -0.1) is 0 Å². The van der Waals surface area contributed by atoms with Crippen molar-refractivity contribution in [1.29, 1.82) is 0 Å². The molecule has 1 amide bonds. The normalized spacial score (nSPS) is 10.3. The molecule has 0 bridgehead atoms. The molecule has 0 atom stereocenters. The van der Waals surface area contributed by atoms with Gasteiger partial charge in [-0.2, -0.15) is 0 Å². The molecule has 0 aliphatic rings. The van der Waals surface area contributed by atoms with Crippen LogP contribution in [-0.2, 0) is 0 Å². The first-order valence-electron chi connectivity index (χ1n) is 9.19. The third-order valence-electron chi connectivity index (χ3n) is 4.07. The van der Waals surface area contributed by atoms with E-state index in [1.54, 1.807) is 30.5 Å². The number of nitrogens with one attached hydrogen (secondary N) is 1. The van der Waals surface area contributed by atoms with Gasteiger partial charge in [-0.1, -0.05) is 51.2 Å². The summed E-state index contributed by atoms with van der Waals surface area (Å²) in [5.74, 6) is 0.458. The van der Waals surface area contributed by atoms with Crippen LogP contribution in [0.1, 0.15) is 55.8 Å². The first-order chi connectivity index (χ1) is 12.7. The lowest BCUT2D eigenvalue weighted by molar-refractivity contribution is 0.112. The van der Waals surface area contributed by atoms with E-state index in [4.69, 9.17) is 4.74 Å². The monoisotopic (exact) mass is 354 g/mol. The Hall–Kier alpha value is -2.69. The van der Waals surface area contributed by atoms with Crippen LogP contribution in [0.4, 0.5) is 4.79 Å². The van der Waals surface area contributed by atoms with Gasteiger partial charge in [0.25, 0.3) is 0 Å². The number of aldehydes is 1. The zero-order valence-corrected chi connectivity index (χ0v) is 15.2. The highest BCUT2D eigenvalue weighted by atomic mass is 16.6. The number of ether oxygens (including phenoxy) is 1. The standard InChI is InChI=1S/C21H26N2O3/c1-2-3-4-5-6-7-11-23-21(25)26-20-10-8-9-18(13-20)19-12-17(16-24)14-22-15-19/h8-10,12-16H,2-7,11H2,1H3,(H,23,25). The van der Waals surface area contributed by atoms with E-state index in [0.717, 1.165) is 30.3 Å². The Morgan fingerprint density at radius 1 is 1.08 bits per heavy atom. The number of nitrogens with zero attached hydrogens (tertiary/aromatic N) is 1. The summed E-state index contributed by atoms with van der Waals surface area (Å²) in [7, 11) is 0. The average Bonchev–Trinajstić information content (AvgIpc) is 2.67. The number of unbranched alkanes of at least 4 members (excludes halogenated alkanes) is 5. The van der Waals surface area contributed by atoms with Gasteiger partial charge in [0, 0.05) is 30.1 Å². The van der Waals surface area contributed by atoms with Gasteiger partial charge in [0.05, 0.1) is 0 Å². The molecule has 26 heavy (non-hydrogen) atoms. The first-order valence-corrected chi connectivity index (χ1v) is 9.19. The number of rotatable bonds is 10. The van der Waals surface area contributed by atoms with Crippen LogP contribution in [0.5, 0.6) is 5.75 Å². The van der Waals surface area contributed by atoms with Crippen molar-refractivity contribution in [2.24, 2.45) is 0 Å². The van der Waals surface area contributed by atoms with E-state index in [9.17, 15) is 9.59 Å². The van der Waals surface area contributed by atoms with E-state index < -0.39 is 6.09 Å². The molecular weight excluding hydrogens is 328 g/mol. The van der Waals surface area contributed by atoms with Crippen LogP contribution < -0.4 is 10.1 Å². The zero-order chi connectivity index (χ0) is 18.6. The fraction of sp³-hybridized carbons (Fsp3) is 0.381. The lowest BCUT2D eigenvalue weighted by Crippen LogP contribution is -2.27. The number of amides is 1. The van der Waals surface area contributed by atoms with E-state index >= 15 is 0 Å². The molecule has 1 aromatic heterocycles. The minimum absolute atomic E-state index is 0.449. The van der Waals surface area contributed by atoms with Gasteiger partial charge in [-0.05, 0) is 30.2 Å². The van der Waals surface area contributed by atoms with Gasteiger partial charge in [0.1, 0.15) is 5.75 Å². The Kier molecular flexibility index (Phi) is 8.33. The number of benzene rings is 1. The SMILES string of the molecule is CCCCCCCCNC(=O)Oc1cccc(-c2cncc(C=O)c2)c1. The quantitative estimate of drug-likeness (QED) is 0.481. The predicted octanol–water partition coefficient (Wildman–Crippen LogP) is 5.01. The summed E-state index contributed by atoms with van der Waals surface area (Å²) in [5, 5.41) is 2.78. The van der Waals surface area contributed by atoms with E-state index in [1.165, 1.54) is 31.9 Å². The fourth-order valence-corrected chi connectivity index (χ4v) is 2.66. The summed E-state index contributed by atoms with van der Waals surface area (Å²) in [6.45, 7) is 2.82. The molecule has 0 radical (unpaired) electrons. The third kappa shape index (κ3) is 6.67. The van der Waals surface area contributed by atoms with E-state index in [-0.39, 0.29) is 0 Å². The van der Waals surface area contributed by atoms with Crippen molar-refractivity contribution in [3.63, 3.8) is 0 Å². The highest BCUT2D eigenvalue weighted by Gasteiger charge is 2.06. The Bertz CT molecular complexity index is 716. The second kappa shape index (κ2) is 11.0. The molecule has 1 heterocycles. The summed E-state index contributed by atoms with van der Waals surface area (Å²) in [6.07, 6.45) is 10.5. The molecule has 0 unspecified atom stereocenters. The van der Waals surface area contributed by atoms with Crippen molar-refractivity contribution >= 4 is 12.4 Å². The molecular formula is C21H26N2O3. The van der Waals surface area contributed by atoms with Gasteiger partial charge in [0.15, 0.2) is 6.29 Å². The summed E-state index contributed by atoms with van der Waals surface area (Å²) < 4.78 is 5.34. The molecule has 2 rings (SSSR count). The van der Waals surface area contributed by atoms with Crippen LogP contribution >= 0.6 is 0 Å². The summed E-state index contributed by atoms with van der Waals surface area (Å²) in [4.78, 5) is 26.8. The molecule has 5 heteroatoms. The molecule has 1 aromatic carbocycles. The fourth-order valence-electron chi connectivity index (χ4n) is 2.66. The van der Waals surface area contributed by atoms with Crippen molar-refractivity contribution in [3.8, 4) is 16.9 Å². The van der Waals surface area contributed by atoms with Crippen molar-refractivity contribution in [2.75, 3.05) is 6.54 Å². The maximum absolute atomic E-state index is 11.9. The number of aromatic nitrogens is 1. The molecule has 1 N–H and O–H groups in total. The number of pyridine rings is 1. The molecule has 0 aliphatic heterocycles. The van der Waals surface area contributed by atoms with E-state index in [1.807, 2.05) is 6.07 Å². The third-order valence-corrected chi connectivity index (χ3v) is 4.07. The molecule has 138 valence electrons. The second-order valence-electron chi connectivity index (χ2n) is 6.24. The molecule has 0 fully saturated rings. The predicted molar refractivity (Wildman–Crippen MR) is 102 cm³/mol. The largest absolute Gasteiger partial charge is 0.412 e. The number of hydrogen-bond donors (Lipinski definition) is 1. The summed E-state index contributed by atoms with van der Waals surface area (Å²) in [5.41, 5.74) is 2.14. The number of carbonyl (C=O) groups excluding carboxylic acids is 2. The molecule has 0 spiro atoms. The molecule has 0 saturated carbocycles. The van der Waals surface area contributed by atoms with Gasteiger partial charge in [0.2, 0.25) is 0 Å². The minimum Gasteiger partial charge on any atom is -0.410 e. The Balaban J connectivity index is 1.82. The summed E-state index contributed by atoms with van der Waals surface area (Å²) >= 11 is 0. The first kappa shape index (κ1) is 19.6. The summed E-state index contributed by atoms with van der Waals surface area (Å²) in [6, 6.07) is 8.92. The highest BCUT2D eigenvalue weighted by Crippen LogP contribution is 2.23. The molecule has 2 aromatic rings. The maximum Gasteiger partial charge on any atom is 0.412 e. The maximum atomic E-state index is 11.9. The van der Waals surface area contributed by atoms with Crippen molar-refractivity contribution in [2.45, 2.75) is 45.4 Å². The van der Waals surface area contributed by atoms with Crippen LogP contribution in [0.3, 0.4) is 0 Å². The average molecular weight is 354 g/mol. The van der Waals surface area contributed by atoms with E-state index in [2.05, 4.69) is 17.2 Å². The second-order valence-corrected chi connectivity index (χ2v) is 6.24. The highest BCUT2D eigenvalue weighted by molar-refractivity contribution is 5.78. The van der Waals surface area contributed by atoms with Crippen LogP contribution in [-0.4, -0.2) is 23.9 Å².